The fourth-order valence-electron chi connectivity index (χ4n) is 8.17. The number of hydrogen-bond donors (Lipinski definition) is 4. The molecule has 0 saturated heterocycles. The van der Waals surface area contributed by atoms with Crippen molar-refractivity contribution in [2.24, 2.45) is 22.7 Å². The summed E-state index contributed by atoms with van der Waals surface area (Å²) in [6.07, 6.45) is 2.18. The van der Waals surface area contributed by atoms with Gasteiger partial charge in [0.15, 0.2) is 17.2 Å². The SMILES string of the molecule is CCCc1cccc(-c2ccc(O)c3c2C[C@]2(C)C[C@]4(C)C(C(C)C)C(=O)C(C(C)=O)=C(O)[C@]4(O)C(=O)C2=C3O)c1. The number of carbonyl (C=O) groups is 3. The van der Waals surface area contributed by atoms with Crippen molar-refractivity contribution in [1.82, 2.24) is 0 Å². The van der Waals surface area contributed by atoms with Crippen molar-refractivity contribution in [3.8, 4) is 16.9 Å². The van der Waals surface area contributed by atoms with Crippen LogP contribution in [-0.4, -0.2) is 43.4 Å². The summed E-state index contributed by atoms with van der Waals surface area (Å²) >= 11 is 0. The maximum absolute atomic E-state index is 14.4. The number of allylic oxidation sites excluding steroid dienone is 1. The second kappa shape index (κ2) is 9.41. The van der Waals surface area contributed by atoms with E-state index < -0.39 is 56.8 Å². The van der Waals surface area contributed by atoms with Crippen molar-refractivity contribution in [1.29, 1.82) is 0 Å². The van der Waals surface area contributed by atoms with E-state index in [0.29, 0.717) is 5.56 Å². The van der Waals surface area contributed by atoms with E-state index in [1.807, 2.05) is 19.1 Å². The van der Waals surface area contributed by atoms with E-state index in [9.17, 15) is 34.8 Å². The molecule has 0 radical (unpaired) electrons. The number of benzene rings is 2. The number of carbonyl (C=O) groups excluding carboxylic acids is 3. The van der Waals surface area contributed by atoms with Gasteiger partial charge >= 0.3 is 0 Å². The first-order chi connectivity index (χ1) is 19.1. The number of Topliss-reactive ketones (excluding diaryl/α,β-unsaturated/α-hetero) is 3. The molecule has 216 valence electrons. The van der Waals surface area contributed by atoms with Gasteiger partial charge in [0.05, 0.1) is 5.56 Å². The van der Waals surface area contributed by atoms with Gasteiger partial charge in [0.2, 0.25) is 5.78 Å². The zero-order valence-electron chi connectivity index (χ0n) is 24.5. The number of fused-ring (bicyclic) bond motifs is 3. The van der Waals surface area contributed by atoms with E-state index in [0.717, 1.165) is 36.5 Å². The van der Waals surface area contributed by atoms with Crippen LogP contribution in [0.4, 0.5) is 0 Å². The summed E-state index contributed by atoms with van der Waals surface area (Å²) in [5.74, 6) is -5.23. The van der Waals surface area contributed by atoms with Crippen LogP contribution in [0.15, 0.2) is 53.3 Å². The second-order valence-corrected chi connectivity index (χ2v) is 12.9. The molecule has 0 heterocycles. The van der Waals surface area contributed by atoms with Crippen molar-refractivity contribution in [2.45, 2.75) is 72.8 Å². The molecule has 5 rings (SSSR count). The molecule has 0 aromatic heterocycles. The Hall–Kier alpha value is -3.71. The van der Waals surface area contributed by atoms with Gasteiger partial charge in [0, 0.05) is 22.3 Å². The molecule has 0 spiro atoms. The Morgan fingerprint density at radius 3 is 2.37 bits per heavy atom. The van der Waals surface area contributed by atoms with Crippen LogP contribution in [-0.2, 0) is 27.2 Å². The largest absolute Gasteiger partial charge is 0.508 e. The Labute approximate surface area is 240 Å². The third-order valence-electron chi connectivity index (χ3n) is 9.66. The minimum Gasteiger partial charge on any atom is -0.508 e. The van der Waals surface area contributed by atoms with Crippen LogP contribution in [0.1, 0.15) is 71.1 Å². The summed E-state index contributed by atoms with van der Waals surface area (Å²) in [6, 6.07) is 11.4. The molecule has 4 N–H and O–H groups in total. The van der Waals surface area contributed by atoms with Crippen LogP contribution in [0.25, 0.3) is 16.9 Å². The lowest BCUT2D eigenvalue weighted by Crippen LogP contribution is -2.69. The Balaban J connectivity index is 1.80. The number of aromatic hydroxyl groups is 1. The molecule has 3 aliphatic rings. The highest BCUT2D eigenvalue weighted by molar-refractivity contribution is 6.24. The number of phenolic OH excluding ortho intramolecular Hbond substituents is 1. The summed E-state index contributed by atoms with van der Waals surface area (Å²) in [5.41, 5.74) is -2.19. The summed E-state index contributed by atoms with van der Waals surface area (Å²) in [4.78, 5) is 40.6. The molecule has 1 fully saturated rings. The second-order valence-electron chi connectivity index (χ2n) is 12.9. The Bertz CT molecular complexity index is 1580. The van der Waals surface area contributed by atoms with Gasteiger partial charge in [0.25, 0.3) is 0 Å². The van der Waals surface area contributed by atoms with Crippen LogP contribution < -0.4 is 0 Å². The fraction of sp³-hybridized carbons (Fsp3) is 0.441. The van der Waals surface area contributed by atoms with Crippen LogP contribution >= 0.6 is 0 Å². The average Bonchev–Trinajstić information content (AvgIpc) is 2.86. The lowest BCUT2D eigenvalue weighted by atomic mass is 9.43. The predicted molar refractivity (Wildman–Crippen MR) is 155 cm³/mol. The molecular formula is C34H38O7. The highest BCUT2D eigenvalue weighted by Gasteiger charge is 2.72. The number of rotatable bonds is 5. The third-order valence-corrected chi connectivity index (χ3v) is 9.66. The molecule has 2 aromatic carbocycles. The molecular weight excluding hydrogens is 520 g/mol. The standard InChI is InChI=1S/C34H38O7/c1-7-9-19-10-8-11-20(14-19)21-12-13-23(36)25-22(21)15-32(5)16-33(6)26(17(2)3)28(37)24(18(4)35)30(39)34(33,41)31(40)27(32)29(25)38/h8,10-14,17,26,36,38-39,41H,7,9,15-16H2,1-6H3/t26?,32-,33-,34+/m1/s1. The summed E-state index contributed by atoms with van der Waals surface area (Å²) in [5, 5.41) is 46.1. The first kappa shape index (κ1) is 28.8. The fourth-order valence-corrected chi connectivity index (χ4v) is 8.17. The molecule has 7 nitrogen and oxygen atoms in total. The number of hydrogen-bond acceptors (Lipinski definition) is 7. The van der Waals surface area contributed by atoms with Gasteiger partial charge in [-0.2, -0.15) is 0 Å². The van der Waals surface area contributed by atoms with E-state index in [4.69, 9.17) is 0 Å². The topological polar surface area (TPSA) is 132 Å². The zero-order chi connectivity index (χ0) is 30.2. The maximum Gasteiger partial charge on any atom is 0.203 e. The summed E-state index contributed by atoms with van der Waals surface area (Å²) in [6.45, 7) is 10.2. The summed E-state index contributed by atoms with van der Waals surface area (Å²) < 4.78 is 0. The zero-order valence-corrected chi connectivity index (χ0v) is 24.5. The quantitative estimate of drug-likeness (QED) is 0.341. The molecule has 7 heteroatoms. The summed E-state index contributed by atoms with van der Waals surface area (Å²) in [7, 11) is 0. The first-order valence-corrected chi connectivity index (χ1v) is 14.3. The van der Waals surface area contributed by atoms with E-state index >= 15 is 0 Å². The van der Waals surface area contributed by atoms with Gasteiger partial charge in [-0.05, 0) is 60.4 Å². The average molecular weight is 559 g/mol. The Morgan fingerprint density at radius 1 is 1.07 bits per heavy atom. The van der Waals surface area contributed by atoms with Gasteiger partial charge < -0.3 is 20.4 Å². The molecule has 2 aromatic rings. The normalized spacial score (nSPS) is 29.4. The van der Waals surface area contributed by atoms with Gasteiger partial charge in [-0.25, -0.2) is 0 Å². The van der Waals surface area contributed by atoms with Gasteiger partial charge in [-0.1, -0.05) is 71.4 Å². The molecule has 3 aliphatic carbocycles. The molecule has 0 bridgehead atoms. The number of aliphatic hydroxyl groups is 3. The van der Waals surface area contributed by atoms with Crippen LogP contribution in [0.5, 0.6) is 5.75 Å². The van der Waals surface area contributed by atoms with Crippen molar-refractivity contribution in [3.63, 3.8) is 0 Å². The van der Waals surface area contributed by atoms with E-state index in [1.54, 1.807) is 26.8 Å². The molecule has 0 aliphatic heterocycles. The number of ketones is 3. The highest BCUT2D eigenvalue weighted by atomic mass is 16.3. The third kappa shape index (κ3) is 3.78. The van der Waals surface area contributed by atoms with E-state index in [2.05, 4.69) is 19.1 Å². The smallest absolute Gasteiger partial charge is 0.203 e. The maximum atomic E-state index is 14.4. The van der Waals surface area contributed by atoms with Crippen molar-refractivity contribution in [2.75, 3.05) is 0 Å². The lowest BCUT2D eigenvalue weighted by molar-refractivity contribution is -0.178. The van der Waals surface area contributed by atoms with Crippen molar-refractivity contribution >= 4 is 23.1 Å². The van der Waals surface area contributed by atoms with Gasteiger partial charge in [0.1, 0.15) is 22.8 Å². The lowest BCUT2D eigenvalue weighted by Gasteiger charge is -2.59. The predicted octanol–water partition coefficient (Wildman–Crippen LogP) is 5.81. The van der Waals surface area contributed by atoms with Crippen LogP contribution in [0.2, 0.25) is 0 Å². The number of aryl methyl sites for hydroxylation is 1. The number of aliphatic hydroxyl groups excluding tert-OH is 2. The Kier molecular flexibility index (Phi) is 6.61. The highest BCUT2D eigenvalue weighted by Crippen LogP contribution is 2.65. The minimum atomic E-state index is -2.61. The minimum absolute atomic E-state index is 0.0654. The van der Waals surface area contributed by atoms with E-state index in [-0.39, 0.29) is 35.6 Å². The van der Waals surface area contributed by atoms with Crippen molar-refractivity contribution < 1.29 is 34.8 Å². The first-order valence-electron chi connectivity index (χ1n) is 14.3. The Morgan fingerprint density at radius 2 is 1.76 bits per heavy atom. The number of phenols is 1. The van der Waals surface area contributed by atoms with Crippen LogP contribution in [0, 0.1) is 22.7 Å². The molecule has 4 atom stereocenters. The molecule has 1 saturated carbocycles. The molecule has 0 amide bonds. The van der Waals surface area contributed by atoms with Gasteiger partial charge in [-0.3, -0.25) is 14.4 Å². The molecule has 1 unspecified atom stereocenters. The van der Waals surface area contributed by atoms with E-state index in [1.165, 1.54) is 6.07 Å². The van der Waals surface area contributed by atoms with Gasteiger partial charge in [-0.15, -0.1) is 0 Å². The monoisotopic (exact) mass is 558 g/mol. The molecule has 41 heavy (non-hydrogen) atoms. The van der Waals surface area contributed by atoms with Crippen LogP contribution in [0.3, 0.4) is 0 Å². The van der Waals surface area contributed by atoms with Crippen molar-refractivity contribution in [3.05, 3.63) is 70.0 Å².